The predicted molar refractivity (Wildman–Crippen MR) is 191 cm³/mol. The number of rotatable bonds is 27. The molecule has 0 heterocycles. The summed E-state index contributed by atoms with van der Waals surface area (Å²) >= 11 is 0. The van der Waals surface area contributed by atoms with Crippen LogP contribution >= 0.6 is 0 Å². The first kappa shape index (κ1) is 40.9. The third-order valence-corrected chi connectivity index (χ3v) is 25.1. The maximum absolute atomic E-state index is 6.80. The molecule has 0 bridgehead atoms. The van der Waals surface area contributed by atoms with Crippen molar-refractivity contribution in [3.05, 3.63) is 6.92 Å². The van der Waals surface area contributed by atoms with E-state index in [1.807, 2.05) is 0 Å². The van der Waals surface area contributed by atoms with Gasteiger partial charge in [-0.25, -0.2) is 0 Å². The molecule has 0 fully saturated rings. The normalized spacial score (nSPS) is 13.8. The molecule has 0 aliphatic heterocycles. The molecule has 0 aromatic carbocycles. The molecule has 9 heteroatoms. The zero-order valence-electron chi connectivity index (χ0n) is 29.3. The fraction of sp³-hybridized carbons (Fsp3) is 0.968. The van der Waals surface area contributed by atoms with Crippen LogP contribution in [0.5, 0.6) is 0 Å². The van der Waals surface area contributed by atoms with E-state index in [0.29, 0.717) is 0 Å². The molecule has 0 saturated carbocycles. The van der Waals surface area contributed by atoms with Crippen molar-refractivity contribution in [3.63, 3.8) is 0 Å². The molecule has 4 nitrogen and oxygen atoms in total. The van der Waals surface area contributed by atoms with Crippen molar-refractivity contribution in [3.8, 4) is 0 Å². The van der Waals surface area contributed by atoms with Crippen molar-refractivity contribution >= 4 is 42.3 Å². The standard InChI is InChI=1S/C31H73O4Si5/c1-13-14-15-16-17-18-19-20-21-22-23-24-25-26-27-28-29-30-31-37(5,6)33-39(9,10)35-40(11,12)34-38(7,8)32-36(2,3)4/h1,13-31H2,2-12H3. The minimum atomic E-state index is -2.34. The first-order chi connectivity index (χ1) is 18.4. The second-order valence-corrected chi connectivity index (χ2v) is 35.0. The van der Waals surface area contributed by atoms with E-state index in [-0.39, 0.29) is 0 Å². The van der Waals surface area contributed by atoms with Gasteiger partial charge in [-0.1, -0.05) is 122 Å². The monoisotopic (exact) mass is 649 g/mol. The minimum Gasteiger partial charge on any atom is -0.437 e. The topological polar surface area (TPSA) is 36.9 Å². The van der Waals surface area contributed by atoms with Crippen LogP contribution in [0.15, 0.2) is 0 Å². The largest absolute Gasteiger partial charge is 0.437 e. The number of hydrogen-bond donors (Lipinski definition) is 0. The second-order valence-electron chi connectivity index (χ2n) is 15.1. The van der Waals surface area contributed by atoms with Gasteiger partial charge in [0, 0.05) is 0 Å². The highest BCUT2D eigenvalue weighted by atomic mass is 28.5. The fourth-order valence-corrected chi connectivity index (χ4v) is 29.9. The van der Waals surface area contributed by atoms with E-state index < -0.39 is 42.3 Å². The fourth-order valence-electron chi connectivity index (χ4n) is 6.08. The van der Waals surface area contributed by atoms with Crippen LogP contribution in [0.1, 0.15) is 116 Å². The van der Waals surface area contributed by atoms with Gasteiger partial charge in [0.05, 0.1) is 0 Å². The van der Waals surface area contributed by atoms with Crippen molar-refractivity contribution in [2.75, 3.05) is 0 Å². The molecule has 0 spiro atoms. The lowest BCUT2D eigenvalue weighted by Crippen LogP contribution is -2.58. The van der Waals surface area contributed by atoms with Crippen LogP contribution < -0.4 is 0 Å². The maximum atomic E-state index is 6.80. The van der Waals surface area contributed by atoms with Gasteiger partial charge in [-0.3, -0.25) is 0 Å². The summed E-state index contributed by atoms with van der Waals surface area (Å²) in [5.41, 5.74) is 0. The van der Waals surface area contributed by atoms with Gasteiger partial charge in [0.1, 0.15) is 0 Å². The molecule has 40 heavy (non-hydrogen) atoms. The molecule has 0 aromatic heterocycles. The summed E-state index contributed by atoms with van der Waals surface area (Å²) in [6, 6.07) is 1.23. The molecule has 0 saturated heterocycles. The maximum Gasteiger partial charge on any atom is 0.314 e. The van der Waals surface area contributed by atoms with Gasteiger partial charge in [0.2, 0.25) is 0 Å². The van der Waals surface area contributed by atoms with Gasteiger partial charge in [-0.15, -0.1) is 0 Å². The minimum absolute atomic E-state index is 1.11. The first-order valence-electron chi connectivity index (χ1n) is 17.0. The van der Waals surface area contributed by atoms with E-state index in [1.165, 1.54) is 115 Å². The lowest BCUT2D eigenvalue weighted by atomic mass is 10.0. The van der Waals surface area contributed by atoms with E-state index in [2.05, 4.69) is 78.9 Å². The van der Waals surface area contributed by atoms with Crippen LogP contribution in [0.4, 0.5) is 0 Å². The highest BCUT2D eigenvalue weighted by Gasteiger charge is 2.45. The number of unbranched alkanes of at least 4 members (excludes halogenated alkanes) is 17. The van der Waals surface area contributed by atoms with Gasteiger partial charge >= 0.3 is 25.7 Å². The summed E-state index contributed by atoms with van der Waals surface area (Å²) in [5, 5.41) is 0. The van der Waals surface area contributed by atoms with Gasteiger partial charge in [-0.2, -0.15) is 0 Å². The Morgan fingerprint density at radius 1 is 0.350 bits per heavy atom. The molecule has 0 aliphatic rings. The molecule has 0 unspecified atom stereocenters. The molecule has 0 amide bonds. The predicted octanol–water partition coefficient (Wildman–Crippen LogP) is 12.1. The Labute approximate surface area is 258 Å². The third kappa shape index (κ3) is 26.5. The average molecular weight is 650 g/mol. The molecule has 0 atom stereocenters. The first-order valence-corrected chi connectivity index (χ1v) is 32.0. The van der Waals surface area contributed by atoms with E-state index in [4.69, 9.17) is 16.5 Å². The van der Waals surface area contributed by atoms with E-state index in [0.717, 1.165) is 6.42 Å². The van der Waals surface area contributed by atoms with Crippen LogP contribution in [0, 0.1) is 6.92 Å². The summed E-state index contributed by atoms with van der Waals surface area (Å²) in [6.45, 7) is 28.4. The SMILES string of the molecule is [CH2]CCCCCCCCCCCCCCCCCCC[Si](C)(C)O[Si](C)(C)O[Si](C)(C)O[Si](C)(C)O[Si](C)(C)C. The van der Waals surface area contributed by atoms with E-state index >= 15 is 0 Å². The third-order valence-electron chi connectivity index (χ3n) is 7.09. The highest BCUT2D eigenvalue weighted by Crippen LogP contribution is 2.28. The Balaban J connectivity index is 3.94. The van der Waals surface area contributed by atoms with Crippen LogP contribution in [0.3, 0.4) is 0 Å². The molecule has 1 radical (unpaired) electrons. The smallest absolute Gasteiger partial charge is 0.314 e. The quantitative estimate of drug-likeness (QED) is 0.0655. The molecule has 241 valence electrons. The van der Waals surface area contributed by atoms with E-state index in [1.54, 1.807) is 0 Å². The lowest BCUT2D eigenvalue weighted by molar-refractivity contribution is 0.299. The second kappa shape index (κ2) is 20.8. The van der Waals surface area contributed by atoms with Crippen molar-refractivity contribution in [1.29, 1.82) is 0 Å². The lowest BCUT2D eigenvalue weighted by Gasteiger charge is -2.42. The van der Waals surface area contributed by atoms with Crippen molar-refractivity contribution < 1.29 is 16.5 Å². The summed E-state index contributed by atoms with van der Waals surface area (Å²) in [4.78, 5) is 0. The zero-order chi connectivity index (χ0) is 30.8. The van der Waals surface area contributed by atoms with Crippen molar-refractivity contribution in [1.82, 2.24) is 0 Å². The van der Waals surface area contributed by atoms with Crippen molar-refractivity contribution in [2.45, 2.75) is 194 Å². The van der Waals surface area contributed by atoms with Gasteiger partial charge in [0.15, 0.2) is 16.6 Å². The molecule has 0 rings (SSSR count). The summed E-state index contributed by atoms with van der Waals surface area (Å²) in [5.74, 6) is 0. The van der Waals surface area contributed by atoms with Crippen LogP contribution in [0.2, 0.25) is 78.1 Å². The summed E-state index contributed by atoms with van der Waals surface area (Å²) < 4.78 is 26.5. The molecule has 0 aliphatic carbocycles. The Bertz CT molecular complexity index is 621. The summed E-state index contributed by atoms with van der Waals surface area (Å²) in [7, 11) is -10.2. The zero-order valence-corrected chi connectivity index (χ0v) is 34.3. The molecule has 0 aromatic rings. The van der Waals surface area contributed by atoms with Gasteiger partial charge in [0.25, 0.3) is 0 Å². The van der Waals surface area contributed by atoms with Crippen LogP contribution in [0.25, 0.3) is 0 Å². The Morgan fingerprint density at radius 3 is 0.950 bits per heavy atom. The van der Waals surface area contributed by atoms with Crippen LogP contribution in [-0.2, 0) is 16.5 Å². The number of hydrogen-bond acceptors (Lipinski definition) is 4. The Kier molecular flexibility index (Phi) is 21.3. The molecular weight excluding hydrogens is 577 g/mol. The molecule has 0 N–H and O–H groups in total. The highest BCUT2D eigenvalue weighted by molar-refractivity contribution is 6.90. The van der Waals surface area contributed by atoms with Crippen LogP contribution in [-0.4, -0.2) is 42.3 Å². The Hall–Kier alpha value is 0.924. The van der Waals surface area contributed by atoms with Crippen molar-refractivity contribution in [2.24, 2.45) is 0 Å². The summed E-state index contributed by atoms with van der Waals surface area (Å²) in [6.07, 6.45) is 25.0. The Morgan fingerprint density at radius 2 is 0.625 bits per heavy atom. The molecular formula is C31H73O4Si5. The average Bonchev–Trinajstić information content (AvgIpc) is 2.73. The van der Waals surface area contributed by atoms with Gasteiger partial charge in [-0.05, 0) is 78.1 Å². The van der Waals surface area contributed by atoms with E-state index in [9.17, 15) is 0 Å². The van der Waals surface area contributed by atoms with Gasteiger partial charge < -0.3 is 16.5 Å².